The average Bonchev–Trinajstić information content (AvgIpc) is 2.72. The average molecular weight is 399 g/mol. The van der Waals surface area contributed by atoms with Crippen LogP contribution in [0.5, 0.6) is 0 Å². The highest BCUT2D eigenvalue weighted by Gasteiger charge is 2.20. The minimum absolute atomic E-state index is 1.09. The highest BCUT2D eigenvalue weighted by Crippen LogP contribution is 2.38. The van der Waals surface area contributed by atoms with E-state index in [1.54, 1.807) is 5.57 Å². The van der Waals surface area contributed by atoms with E-state index in [-0.39, 0.29) is 0 Å². The van der Waals surface area contributed by atoms with Crippen molar-refractivity contribution >= 4 is 40.3 Å². The molecule has 0 saturated carbocycles. The zero-order valence-electron chi connectivity index (χ0n) is 12.4. The van der Waals surface area contributed by atoms with Crippen molar-refractivity contribution in [3.8, 4) is 0 Å². The fourth-order valence-electron chi connectivity index (χ4n) is 3.44. The first-order chi connectivity index (χ1) is 10.8. The van der Waals surface area contributed by atoms with Crippen molar-refractivity contribution in [3.63, 3.8) is 0 Å². The van der Waals surface area contributed by atoms with Crippen LogP contribution in [0.15, 0.2) is 48.0 Å². The summed E-state index contributed by atoms with van der Waals surface area (Å²) in [6, 6.07) is 15.6. The molecule has 2 aromatic rings. The fourth-order valence-corrected chi connectivity index (χ4v) is 3.94. The normalized spacial score (nSPS) is 17.0. The Morgan fingerprint density at radius 3 is 2.36 bits per heavy atom. The van der Waals surface area contributed by atoms with Crippen LogP contribution >= 0.6 is 22.6 Å². The van der Waals surface area contributed by atoms with Gasteiger partial charge in [-0.2, -0.15) is 0 Å². The predicted octanol–water partition coefficient (Wildman–Crippen LogP) is 4.96. The van der Waals surface area contributed by atoms with E-state index in [9.17, 15) is 0 Å². The lowest BCUT2D eigenvalue weighted by atomic mass is 9.86. The minimum atomic E-state index is 1.09. The predicted molar refractivity (Wildman–Crippen MR) is 103 cm³/mol. The molecule has 0 spiro atoms. The van der Waals surface area contributed by atoms with Gasteiger partial charge in [-0.3, -0.25) is 0 Å². The van der Waals surface area contributed by atoms with E-state index in [1.807, 2.05) is 0 Å². The number of halogens is 1. The molecule has 1 heterocycles. The van der Waals surface area contributed by atoms with E-state index < -0.39 is 0 Å². The van der Waals surface area contributed by atoms with Gasteiger partial charge in [0.2, 0.25) is 0 Å². The SMILES string of the molecule is Ic1ccc2c(c1)C(=C1CCNCC1)c1ccccc1C=C2. The van der Waals surface area contributed by atoms with E-state index in [1.165, 1.54) is 31.4 Å². The summed E-state index contributed by atoms with van der Waals surface area (Å²) in [7, 11) is 0. The summed E-state index contributed by atoms with van der Waals surface area (Å²) < 4.78 is 1.30. The zero-order valence-corrected chi connectivity index (χ0v) is 14.6. The van der Waals surface area contributed by atoms with Crippen LogP contribution in [0.25, 0.3) is 17.7 Å². The minimum Gasteiger partial charge on any atom is -0.316 e. The fraction of sp³-hybridized carbons (Fsp3) is 0.200. The van der Waals surface area contributed by atoms with Gasteiger partial charge in [0.05, 0.1) is 0 Å². The molecule has 22 heavy (non-hydrogen) atoms. The van der Waals surface area contributed by atoms with Gasteiger partial charge in [0.1, 0.15) is 0 Å². The van der Waals surface area contributed by atoms with E-state index in [0.717, 1.165) is 25.9 Å². The first kappa shape index (κ1) is 14.2. The first-order valence-corrected chi connectivity index (χ1v) is 8.91. The van der Waals surface area contributed by atoms with Gasteiger partial charge in [0, 0.05) is 3.57 Å². The maximum Gasteiger partial charge on any atom is 0.0136 e. The summed E-state index contributed by atoms with van der Waals surface area (Å²) in [4.78, 5) is 0. The van der Waals surface area contributed by atoms with Crippen molar-refractivity contribution < 1.29 is 0 Å². The molecule has 1 aliphatic carbocycles. The Hall–Kier alpha value is -1.39. The van der Waals surface area contributed by atoms with Crippen molar-refractivity contribution in [1.29, 1.82) is 0 Å². The summed E-state index contributed by atoms with van der Waals surface area (Å²) in [6.45, 7) is 2.18. The third-order valence-electron chi connectivity index (χ3n) is 4.52. The second-order valence-electron chi connectivity index (χ2n) is 5.88. The number of piperidine rings is 1. The van der Waals surface area contributed by atoms with Gasteiger partial charge < -0.3 is 5.32 Å². The Morgan fingerprint density at radius 1 is 0.818 bits per heavy atom. The van der Waals surface area contributed by atoms with Gasteiger partial charge in [0.15, 0.2) is 0 Å². The van der Waals surface area contributed by atoms with Crippen LogP contribution in [-0.2, 0) is 0 Å². The molecule has 2 aliphatic rings. The summed E-state index contributed by atoms with van der Waals surface area (Å²) in [6.07, 6.45) is 6.82. The third kappa shape index (κ3) is 2.55. The number of fused-ring (bicyclic) bond motifs is 2. The molecule has 0 amide bonds. The Labute approximate surface area is 145 Å². The lowest BCUT2D eigenvalue weighted by molar-refractivity contribution is 0.611. The Bertz CT molecular complexity index is 778. The smallest absolute Gasteiger partial charge is 0.0136 e. The Balaban J connectivity index is 2.03. The highest BCUT2D eigenvalue weighted by molar-refractivity contribution is 14.1. The van der Waals surface area contributed by atoms with Crippen LogP contribution in [0.2, 0.25) is 0 Å². The second-order valence-corrected chi connectivity index (χ2v) is 7.13. The molecule has 0 atom stereocenters. The number of rotatable bonds is 0. The molecule has 1 nitrogen and oxygen atoms in total. The molecule has 4 rings (SSSR count). The summed E-state index contributed by atoms with van der Waals surface area (Å²) >= 11 is 2.42. The van der Waals surface area contributed by atoms with Gasteiger partial charge in [-0.05, 0) is 88.5 Å². The van der Waals surface area contributed by atoms with Crippen LogP contribution in [0, 0.1) is 3.57 Å². The van der Waals surface area contributed by atoms with Crippen LogP contribution in [-0.4, -0.2) is 13.1 Å². The van der Waals surface area contributed by atoms with Gasteiger partial charge in [0.25, 0.3) is 0 Å². The van der Waals surface area contributed by atoms with Crippen LogP contribution in [0.4, 0.5) is 0 Å². The first-order valence-electron chi connectivity index (χ1n) is 7.83. The van der Waals surface area contributed by atoms with Crippen molar-refractivity contribution in [3.05, 3.63) is 73.9 Å². The summed E-state index contributed by atoms with van der Waals surface area (Å²) in [5, 5.41) is 3.48. The van der Waals surface area contributed by atoms with E-state index >= 15 is 0 Å². The third-order valence-corrected chi connectivity index (χ3v) is 5.19. The molecule has 0 bridgehead atoms. The molecule has 1 saturated heterocycles. The zero-order chi connectivity index (χ0) is 14.9. The molecule has 1 fully saturated rings. The van der Waals surface area contributed by atoms with Crippen molar-refractivity contribution in [1.82, 2.24) is 5.32 Å². The van der Waals surface area contributed by atoms with Gasteiger partial charge in [-0.1, -0.05) is 48.1 Å². The van der Waals surface area contributed by atoms with Crippen LogP contribution in [0.3, 0.4) is 0 Å². The molecule has 0 radical (unpaired) electrons. The standard InChI is InChI=1S/C20H18IN/c21-17-8-7-15-6-5-14-3-1-2-4-18(14)20(19(15)13-17)16-9-11-22-12-10-16/h1-8,13,22H,9-12H2. The quantitative estimate of drug-likeness (QED) is 0.527. The molecule has 0 unspecified atom stereocenters. The molecule has 2 heteroatoms. The summed E-state index contributed by atoms with van der Waals surface area (Å²) in [5.74, 6) is 0. The number of hydrogen-bond acceptors (Lipinski definition) is 1. The topological polar surface area (TPSA) is 12.0 Å². The lowest BCUT2D eigenvalue weighted by Crippen LogP contribution is -2.24. The maximum atomic E-state index is 3.48. The molecular formula is C20H18IN. The van der Waals surface area contributed by atoms with Crippen molar-refractivity contribution in [2.24, 2.45) is 0 Å². The van der Waals surface area contributed by atoms with Crippen LogP contribution < -0.4 is 5.32 Å². The molecular weight excluding hydrogens is 381 g/mol. The molecule has 1 N–H and O–H groups in total. The van der Waals surface area contributed by atoms with Crippen molar-refractivity contribution in [2.75, 3.05) is 13.1 Å². The lowest BCUT2D eigenvalue weighted by Gasteiger charge is -2.22. The molecule has 1 aliphatic heterocycles. The number of benzene rings is 2. The largest absolute Gasteiger partial charge is 0.316 e. The molecule has 0 aromatic heterocycles. The van der Waals surface area contributed by atoms with Crippen LogP contribution in [0.1, 0.15) is 35.1 Å². The van der Waals surface area contributed by atoms with E-state index in [0.29, 0.717) is 0 Å². The molecule has 110 valence electrons. The Morgan fingerprint density at radius 2 is 1.55 bits per heavy atom. The summed E-state index contributed by atoms with van der Waals surface area (Å²) in [5.41, 5.74) is 8.50. The van der Waals surface area contributed by atoms with Gasteiger partial charge in [-0.25, -0.2) is 0 Å². The van der Waals surface area contributed by atoms with Crippen molar-refractivity contribution in [2.45, 2.75) is 12.8 Å². The highest BCUT2D eigenvalue weighted by atomic mass is 127. The number of hydrogen-bond donors (Lipinski definition) is 1. The van der Waals surface area contributed by atoms with Gasteiger partial charge >= 0.3 is 0 Å². The Kier molecular flexibility index (Phi) is 3.89. The van der Waals surface area contributed by atoms with E-state index in [4.69, 9.17) is 0 Å². The second kappa shape index (κ2) is 6.01. The van der Waals surface area contributed by atoms with E-state index in [2.05, 4.69) is 82.5 Å². The number of nitrogens with one attached hydrogen (secondary N) is 1. The molecule has 2 aromatic carbocycles. The monoisotopic (exact) mass is 399 g/mol. The van der Waals surface area contributed by atoms with Gasteiger partial charge in [-0.15, -0.1) is 0 Å². The maximum absolute atomic E-state index is 3.48.